The minimum absolute atomic E-state index is 0.0431. The summed E-state index contributed by atoms with van der Waals surface area (Å²) in [4.78, 5) is 13.2. The van der Waals surface area contributed by atoms with Crippen LogP contribution in [0.4, 0.5) is 5.69 Å². The lowest BCUT2D eigenvalue weighted by atomic mass is 9.85. The molecule has 0 aliphatic rings. The van der Waals surface area contributed by atoms with Crippen molar-refractivity contribution >= 4 is 17.8 Å². The standard InChI is InChI=1S/C27H38N2O3/c1-7-8-9-10-21(22-13-18(2)26(31)19(3)14-22)16-25(30)29-24-15-20(17-28-32)11-12-23(24)27(4,5)6/h11-15,17,21,31-32H,7-10,16H2,1-6H3,(H,29,30). The zero-order chi connectivity index (χ0) is 23.9. The first kappa shape index (κ1) is 25.4. The molecular formula is C27H38N2O3. The van der Waals surface area contributed by atoms with Gasteiger partial charge in [0.25, 0.3) is 0 Å². The number of nitrogens with zero attached hydrogens (tertiary/aromatic N) is 1. The highest BCUT2D eigenvalue weighted by Gasteiger charge is 2.22. The third-order valence-corrected chi connectivity index (χ3v) is 5.91. The number of carbonyl (C=O) groups is 1. The molecule has 1 amide bonds. The second-order valence-electron chi connectivity index (χ2n) is 9.75. The van der Waals surface area contributed by atoms with E-state index in [1.165, 1.54) is 6.21 Å². The number of anilines is 1. The van der Waals surface area contributed by atoms with Crippen LogP contribution < -0.4 is 5.32 Å². The number of rotatable bonds is 9. The second kappa shape index (κ2) is 11.2. The minimum atomic E-state index is -0.150. The molecule has 1 atom stereocenters. The molecule has 0 bridgehead atoms. The quantitative estimate of drug-likeness (QED) is 0.174. The van der Waals surface area contributed by atoms with Crippen molar-refractivity contribution in [1.29, 1.82) is 0 Å². The molecule has 2 aromatic rings. The van der Waals surface area contributed by atoms with Gasteiger partial charge in [0.2, 0.25) is 5.91 Å². The minimum Gasteiger partial charge on any atom is -0.507 e. The number of carbonyl (C=O) groups excluding carboxylic acids is 1. The fourth-order valence-electron chi connectivity index (χ4n) is 4.14. The van der Waals surface area contributed by atoms with Crippen molar-refractivity contribution in [3.63, 3.8) is 0 Å². The first-order valence-electron chi connectivity index (χ1n) is 11.5. The van der Waals surface area contributed by atoms with Gasteiger partial charge in [0, 0.05) is 12.1 Å². The maximum absolute atomic E-state index is 13.2. The SMILES string of the molecule is CCCCCC(CC(=O)Nc1cc(C=NO)ccc1C(C)(C)C)c1cc(C)c(O)c(C)c1. The molecule has 0 aliphatic carbocycles. The fourth-order valence-corrected chi connectivity index (χ4v) is 4.14. The molecule has 0 saturated heterocycles. The van der Waals surface area contributed by atoms with Crippen molar-refractivity contribution in [3.8, 4) is 5.75 Å². The Bertz CT molecular complexity index is 935. The van der Waals surface area contributed by atoms with Crippen LogP contribution in [0, 0.1) is 13.8 Å². The lowest BCUT2D eigenvalue weighted by Crippen LogP contribution is -2.20. The Hall–Kier alpha value is -2.82. The maximum Gasteiger partial charge on any atom is 0.224 e. The third kappa shape index (κ3) is 6.84. The summed E-state index contributed by atoms with van der Waals surface area (Å²) in [5.74, 6) is 0.362. The summed E-state index contributed by atoms with van der Waals surface area (Å²) in [6, 6.07) is 9.71. The molecule has 2 rings (SSSR count). The average molecular weight is 439 g/mol. The lowest BCUT2D eigenvalue weighted by molar-refractivity contribution is -0.116. The monoisotopic (exact) mass is 438 g/mol. The molecule has 0 aliphatic heterocycles. The summed E-state index contributed by atoms with van der Waals surface area (Å²) in [5, 5.41) is 25.3. The molecule has 3 N–H and O–H groups in total. The molecule has 0 fully saturated rings. The van der Waals surface area contributed by atoms with Crippen molar-refractivity contribution in [1.82, 2.24) is 0 Å². The van der Waals surface area contributed by atoms with Gasteiger partial charge in [-0.05, 0) is 65.5 Å². The predicted octanol–water partition coefficient (Wildman–Crippen LogP) is 6.81. The van der Waals surface area contributed by atoms with Crippen molar-refractivity contribution in [3.05, 3.63) is 58.1 Å². The summed E-state index contributed by atoms with van der Waals surface area (Å²) >= 11 is 0. The second-order valence-corrected chi connectivity index (χ2v) is 9.75. The van der Waals surface area contributed by atoms with E-state index in [9.17, 15) is 9.90 Å². The number of hydrogen-bond acceptors (Lipinski definition) is 4. The number of aromatic hydroxyl groups is 1. The Morgan fingerprint density at radius 2 is 1.78 bits per heavy atom. The molecule has 174 valence electrons. The molecule has 0 saturated carbocycles. The Labute approximate surface area is 192 Å². The zero-order valence-corrected chi connectivity index (χ0v) is 20.3. The van der Waals surface area contributed by atoms with Gasteiger partial charge in [-0.2, -0.15) is 0 Å². The normalized spacial score (nSPS) is 12.8. The van der Waals surface area contributed by atoms with Gasteiger partial charge in [-0.15, -0.1) is 0 Å². The topological polar surface area (TPSA) is 81.9 Å². The molecule has 0 heterocycles. The Kier molecular flexibility index (Phi) is 8.88. The Morgan fingerprint density at radius 1 is 1.12 bits per heavy atom. The summed E-state index contributed by atoms with van der Waals surface area (Å²) in [5.41, 5.74) is 5.12. The van der Waals surface area contributed by atoms with Gasteiger partial charge in [0.1, 0.15) is 5.75 Å². The van der Waals surface area contributed by atoms with Crippen LogP contribution in [0.15, 0.2) is 35.5 Å². The van der Waals surface area contributed by atoms with Crippen molar-refractivity contribution in [2.24, 2.45) is 5.16 Å². The van der Waals surface area contributed by atoms with E-state index in [0.29, 0.717) is 12.2 Å². The molecule has 0 radical (unpaired) electrons. The molecule has 32 heavy (non-hydrogen) atoms. The number of hydrogen-bond donors (Lipinski definition) is 3. The van der Waals surface area contributed by atoms with E-state index in [-0.39, 0.29) is 17.2 Å². The van der Waals surface area contributed by atoms with Gasteiger partial charge < -0.3 is 15.6 Å². The highest BCUT2D eigenvalue weighted by atomic mass is 16.4. The number of oxime groups is 1. The van der Waals surface area contributed by atoms with Crippen LogP contribution in [0.5, 0.6) is 5.75 Å². The molecule has 1 unspecified atom stereocenters. The number of aryl methyl sites for hydroxylation is 2. The van der Waals surface area contributed by atoms with Crippen LogP contribution >= 0.6 is 0 Å². The number of benzene rings is 2. The van der Waals surface area contributed by atoms with Gasteiger partial charge in [0.15, 0.2) is 0 Å². The van der Waals surface area contributed by atoms with Crippen LogP contribution in [-0.4, -0.2) is 22.4 Å². The van der Waals surface area contributed by atoms with Gasteiger partial charge in [-0.1, -0.05) is 76.4 Å². The molecule has 2 aromatic carbocycles. The smallest absolute Gasteiger partial charge is 0.224 e. The van der Waals surface area contributed by atoms with Crippen molar-refractivity contribution in [2.45, 2.75) is 85.0 Å². The number of phenolic OH excluding ortho intramolecular Hbond substituents is 1. The molecule has 5 nitrogen and oxygen atoms in total. The van der Waals surface area contributed by atoms with E-state index in [4.69, 9.17) is 5.21 Å². The van der Waals surface area contributed by atoms with Gasteiger partial charge >= 0.3 is 0 Å². The third-order valence-electron chi connectivity index (χ3n) is 5.91. The lowest BCUT2D eigenvalue weighted by Gasteiger charge is -2.24. The first-order chi connectivity index (χ1) is 15.1. The van der Waals surface area contributed by atoms with E-state index >= 15 is 0 Å². The van der Waals surface area contributed by atoms with Gasteiger partial charge in [-0.25, -0.2) is 0 Å². The largest absolute Gasteiger partial charge is 0.507 e. The van der Waals surface area contributed by atoms with E-state index in [2.05, 4.69) is 38.2 Å². The number of unbranched alkanes of at least 4 members (excludes halogenated alkanes) is 2. The molecule has 0 spiro atoms. The van der Waals surface area contributed by atoms with Crippen LogP contribution in [0.3, 0.4) is 0 Å². The number of amides is 1. The van der Waals surface area contributed by atoms with Crippen molar-refractivity contribution < 1.29 is 15.1 Å². The van der Waals surface area contributed by atoms with Crippen molar-refractivity contribution in [2.75, 3.05) is 5.32 Å². The first-order valence-corrected chi connectivity index (χ1v) is 11.5. The van der Waals surface area contributed by atoms with Gasteiger partial charge in [-0.3, -0.25) is 4.79 Å². The van der Waals surface area contributed by atoms with Crippen LogP contribution in [0.25, 0.3) is 0 Å². The fraction of sp³-hybridized carbons (Fsp3) is 0.481. The summed E-state index contributed by atoms with van der Waals surface area (Å²) < 4.78 is 0. The molecular weight excluding hydrogens is 400 g/mol. The molecule has 5 heteroatoms. The van der Waals surface area contributed by atoms with Crippen LogP contribution in [-0.2, 0) is 10.2 Å². The van der Waals surface area contributed by atoms with E-state index in [0.717, 1.165) is 59.2 Å². The summed E-state index contributed by atoms with van der Waals surface area (Å²) in [6.07, 6.45) is 5.97. The maximum atomic E-state index is 13.2. The zero-order valence-electron chi connectivity index (χ0n) is 20.3. The van der Waals surface area contributed by atoms with Crippen LogP contribution in [0.2, 0.25) is 0 Å². The van der Waals surface area contributed by atoms with E-state index < -0.39 is 0 Å². The number of phenols is 1. The number of nitrogens with one attached hydrogen (secondary N) is 1. The van der Waals surface area contributed by atoms with Crippen LogP contribution in [0.1, 0.15) is 93.5 Å². The highest BCUT2D eigenvalue weighted by Crippen LogP contribution is 2.34. The predicted molar refractivity (Wildman–Crippen MR) is 132 cm³/mol. The van der Waals surface area contributed by atoms with Gasteiger partial charge in [0.05, 0.1) is 6.21 Å². The Balaban J connectivity index is 2.31. The van der Waals surface area contributed by atoms with E-state index in [1.54, 1.807) is 0 Å². The van der Waals surface area contributed by atoms with E-state index in [1.807, 2.05) is 44.2 Å². The summed E-state index contributed by atoms with van der Waals surface area (Å²) in [7, 11) is 0. The summed E-state index contributed by atoms with van der Waals surface area (Å²) in [6.45, 7) is 12.3. The highest BCUT2D eigenvalue weighted by molar-refractivity contribution is 5.93. The molecule has 0 aromatic heterocycles. The Morgan fingerprint density at radius 3 is 2.34 bits per heavy atom. The average Bonchev–Trinajstić information content (AvgIpc) is 2.70.